The van der Waals surface area contributed by atoms with Gasteiger partial charge in [-0.2, -0.15) is 5.10 Å². The molecule has 1 aromatic heterocycles. The van der Waals surface area contributed by atoms with E-state index in [-0.39, 0.29) is 11.1 Å². The Balaban J connectivity index is 1.58. The van der Waals surface area contributed by atoms with Crippen molar-refractivity contribution in [2.24, 2.45) is 0 Å². The Bertz CT molecular complexity index is 1050. The number of ether oxygens (including phenoxy) is 1. The van der Waals surface area contributed by atoms with Gasteiger partial charge in [-0.25, -0.2) is 0 Å². The minimum atomic E-state index is -0.503. The normalized spacial score (nSPS) is 14.2. The first kappa shape index (κ1) is 18.2. The van der Waals surface area contributed by atoms with E-state index >= 15 is 0 Å². The van der Waals surface area contributed by atoms with Gasteiger partial charge in [-0.1, -0.05) is 12.1 Å². The standard InChI is InChI=1S/C21H22N4O3/c1-2-25-18-6-4-3-5-17(18)20(26)19(23-25)21(27)22-15-7-9-16(10-8-15)24-11-13-28-14-12-24/h3-10H,2,11-14H2,1H3,(H,22,27). The quantitative estimate of drug-likeness (QED) is 0.755. The number of para-hydroxylation sites is 1. The number of anilines is 2. The van der Waals surface area contributed by atoms with Gasteiger partial charge in [-0.3, -0.25) is 14.3 Å². The van der Waals surface area contributed by atoms with E-state index in [9.17, 15) is 9.59 Å². The van der Waals surface area contributed by atoms with E-state index in [4.69, 9.17) is 4.74 Å². The lowest BCUT2D eigenvalue weighted by atomic mass is 10.2. The highest BCUT2D eigenvalue weighted by atomic mass is 16.5. The van der Waals surface area contributed by atoms with Crippen LogP contribution in [0.5, 0.6) is 0 Å². The summed E-state index contributed by atoms with van der Waals surface area (Å²) in [5.74, 6) is -0.503. The Labute approximate surface area is 162 Å². The summed E-state index contributed by atoms with van der Waals surface area (Å²) in [6.45, 7) is 5.63. The molecule has 1 N–H and O–H groups in total. The molecule has 0 atom stereocenters. The summed E-state index contributed by atoms with van der Waals surface area (Å²) in [6, 6.07) is 14.8. The fourth-order valence-corrected chi connectivity index (χ4v) is 3.40. The third-order valence-electron chi connectivity index (χ3n) is 4.88. The maximum atomic E-state index is 12.7. The number of carbonyl (C=O) groups is 1. The van der Waals surface area contributed by atoms with E-state index in [0.29, 0.717) is 17.6 Å². The molecule has 1 aliphatic heterocycles. The summed E-state index contributed by atoms with van der Waals surface area (Å²) >= 11 is 0. The van der Waals surface area contributed by atoms with Crippen LogP contribution in [0, 0.1) is 0 Å². The lowest BCUT2D eigenvalue weighted by molar-refractivity contribution is 0.101. The second-order valence-electron chi connectivity index (χ2n) is 6.61. The lowest BCUT2D eigenvalue weighted by Gasteiger charge is -2.28. The molecule has 0 radical (unpaired) electrons. The number of amides is 1. The molecular formula is C21H22N4O3. The first-order chi connectivity index (χ1) is 13.7. The third-order valence-corrected chi connectivity index (χ3v) is 4.88. The SMILES string of the molecule is CCn1nc(C(=O)Nc2ccc(N3CCOCC3)cc2)c(=O)c2ccccc21. The van der Waals surface area contributed by atoms with E-state index in [1.54, 1.807) is 16.8 Å². The Morgan fingerprint density at radius 1 is 1.11 bits per heavy atom. The smallest absolute Gasteiger partial charge is 0.280 e. The van der Waals surface area contributed by atoms with E-state index < -0.39 is 5.91 Å². The average Bonchev–Trinajstić information content (AvgIpc) is 2.75. The average molecular weight is 378 g/mol. The van der Waals surface area contributed by atoms with Crippen LogP contribution < -0.4 is 15.6 Å². The monoisotopic (exact) mass is 378 g/mol. The van der Waals surface area contributed by atoms with Crippen molar-refractivity contribution in [3.63, 3.8) is 0 Å². The van der Waals surface area contributed by atoms with Crippen LogP contribution in [0.4, 0.5) is 11.4 Å². The number of hydrogen-bond acceptors (Lipinski definition) is 5. The van der Waals surface area contributed by atoms with Crippen LogP contribution in [-0.2, 0) is 11.3 Å². The number of rotatable bonds is 4. The van der Waals surface area contributed by atoms with Gasteiger partial charge in [0.05, 0.1) is 18.7 Å². The molecule has 0 aliphatic carbocycles. The van der Waals surface area contributed by atoms with Gasteiger partial charge < -0.3 is 15.0 Å². The van der Waals surface area contributed by atoms with Crippen molar-refractivity contribution in [2.75, 3.05) is 36.5 Å². The number of morpholine rings is 1. The number of carbonyl (C=O) groups excluding carboxylic acids is 1. The van der Waals surface area contributed by atoms with Crippen LogP contribution in [0.25, 0.3) is 10.9 Å². The van der Waals surface area contributed by atoms with E-state index in [2.05, 4.69) is 15.3 Å². The predicted molar refractivity (Wildman–Crippen MR) is 109 cm³/mol. The zero-order chi connectivity index (χ0) is 19.5. The molecule has 1 fully saturated rings. The van der Waals surface area contributed by atoms with Crippen molar-refractivity contribution in [1.29, 1.82) is 0 Å². The summed E-state index contributed by atoms with van der Waals surface area (Å²) in [5, 5.41) is 7.56. The highest BCUT2D eigenvalue weighted by Gasteiger charge is 2.17. The van der Waals surface area contributed by atoms with Gasteiger partial charge in [0.1, 0.15) is 0 Å². The topological polar surface area (TPSA) is 76.5 Å². The lowest BCUT2D eigenvalue weighted by Crippen LogP contribution is -2.36. The van der Waals surface area contributed by atoms with Gasteiger partial charge in [-0.15, -0.1) is 0 Å². The van der Waals surface area contributed by atoms with Crippen molar-refractivity contribution >= 4 is 28.2 Å². The zero-order valence-corrected chi connectivity index (χ0v) is 15.7. The molecule has 0 bridgehead atoms. The Morgan fingerprint density at radius 3 is 2.54 bits per heavy atom. The summed E-state index contributed by atoms with van der Waals surface area (Å²) < 4.78 is 7.04. The third kappa shape index (κ3) is 3.48. The van der Waals surface area contributed by atoms with Crippen LogP contribution in [-0.4, -0.2) is 42.0 Å². The number of fused-ring (bicyclic) bond motifs is 1. The van der Waals surface area contributed by atoms with Crippen molar-refractivity contribution in [3.8, 4) is 0 Å². The van der Waals surface area contributed by atoms with Crippen LogP contribution in [0.15, 0.2) is 53.3 Å². The van der Waals surface area contributed by atoms with Gasteiger partial charge >= 0.3 is 0 Å². The molecule has 28 heavy (non-hydrogen) atoms. The molecule has 0 unspecified atom stereocenters. The minimum absolute atomic E-state index is 0.0993. The highest BCUT2D eigenvalue weighted by molar-refractivity contribution is 6.04. The van der Waals surface area contributed by atoms with Crippen LogP contribution in [0.1, 0.15) is 17.4 Å². The Hall–Kier alpha value is -3.19. The van der Waals surface area contributed by atoms with Gasteiger partial charge in [0.2, 0.25) is 5.43 Å². The molecule has 7 nitrogen and oxygen atoms in total. The maximum Gasteiger partial charge on any atom is 0.280 e. The number of benzene rings is 2. The molecule has 1 saturated heterocycles. The van der Waals surface area contributed by atoms with E-state index in [1.165, 1.54) is 0 Å². The second kappa shape index (κ2) is 7.82. The first-order valence-corrected chi connectivity index (χ1v) is 9.41. The molecule has 3 aromatic rings. The largest absolute Gasteiger partial charge is 0.378 e. The number of aromatic nitrogens is 2. The van der Waals surface area contributed by atoms with Crippen molar-refractivity contribution in [2.45, 2.75) is 13.5 Å². The molecular weight excluding hydrogens is 356 g/mol. The van der Waals surface area contributed by atoms with E-state index in [0.717, 1.165) is 37.5 Å². The highest BCUT2D eigenvalue weighted by Crippen LogP contribution is 2.19. The molecule has 2 aromatic carbocycles. The number of aryl methyl sites for hydroxylation is 1. The Morgan fingerprint density at radius 2 is 1.82 bits per heavy atom. The van der Waals surface area contributed by atoms with Crippen LogP contribution in [0.3, 0.4) is 0 Å². The Kier molecular flexibility index (Phi) is 5.08. The second-order valence-corrected chi connectivity index (χ2v) is 6.61. The number of nitrogens with one attached hydrogen (secondary N) is 1. The van der Waals surface area contributed by atoms with Gasteiger partial charge in [-0.05, 0) is 43.3 Å². The van der Waals surface area contributed by atoms with Crippen LogP contribution >= 0.6 is 0 Å². The molecule has 1 aliphatic rings. The fraction of sp³-hybridized carbons (Fsp3) is 0.286. The minimum Gasteiger partial charge on any atom is -0.378 e. The first-order valence-electron chi connectivity index (χ1n) is 9.41. The number of nitrogens with zero attached hydrogens (tertiary/aromatic N) is 3. The summed E-state index contributed by atoms with van der Waals surface area (Å²) in [5.41, 5.74) is 1.97. The molecule has 1 amide bonds. The zero-order valence-electron chi connectivity index (χ0n) is 15.7. The van der Waals surface area contributed by atoms with E-state index in [1.807, 2.05) is 43.3 Å². The molecule has 2 heterocycles. The van der Waals surface area contributed by atoms with Crippen LogP contribution in [0.2, 0.25) is 0 Å². The summed E-state index contributed by atoms with van der Waals surface area (Å²) in [6.07, 6.45) is 0. The molecule has 0 saturated carbocycles. The molecule has 0 spiro atoms. The predicted octanol–water partition coefficient (Wildman–Crippen LogP) is 2.51. The van der Waals surface area contributed by atoms with Gasteiger partial charge in [0.15, 0.2) is 5.69 Å². The number of hydrogen-bond donors (Lipinski definition) is 1. The molecule has 144 valence electrons. The maximum absolute atomic E-state index is 12.7. The fourth-order valence-electron chi connectivity index (χ4n) is 3.40. The summed E-state index contributed by atoms with van der Waals surface area (Å²) in [7, 11) is 0. The summed E-state index contributed by atoms with van der Waals surface area (Å²) in [4.78, 5) is 27.7. The molecule has 7 heteroatoms. The van der Waals surface area contributed by atoms with Gasteiger partial charge in [0, 0.05) is 36.4 Å². The van der Waals surface area contributed by atoms with Crippen molar-refractivity contribution in [3.05, 3.63) is 64.4 Å². The van der Waals surface area contributed by atoms with Gasteiger partial charge in [0.25, 0.3) is 5.91 Å². The van der Waals surface area contributed by atoms with Crippen molar-refractivity contribution < 1.29 is 9.53 Å². The molecule has 4 rings (SSSR count). The van der Waals surface area contributed by atoms with Crippen molar-refractivity contribution in [1.82, 2.24) is 9.78 Å².